The molecule has 0 aliphatic heterocycles. The number of nitrogens with zero attached hydrogens (tertiary/aromatic N) is 1. The number of hydrogen-bond acceptors (Lipinski definition) is 3. The van der Waals surface area contributed by atoms with Gasteiger partial charge in [0.15, 0.2) is 0 Å². The lowest BCUT2D eigenvalue weighted by molar-refractivity contribution is 0.122. The number of hydrogen-bond donors (Lipinski definition) is 1. The number of rotatable bonds is 6. The Balaban J connectivity index is 2.42. The van der Waals surface area contributed by atoms with Crippen LogP contribution in [-0.4, -0.2) is 29.2 Å². The summed E-state index contributed by atoms with van der Waals surface area (Å²) in [5.74, 6) is 0. The molecule has 0 saturated heterocycles. The number of aliphatic hydroxyl groups is 1. The third-order valence-corrected chi connectivity index (χ3v) is 2.78. The zero-order chi connectivity index (χ0) is 10.4. The van der Waals surface area contributed by atoms with Crippen LogP contribution in [0.15, 0.2) is 16.8 Å². The summed E-state index contributed by atoms with van der Waals surface area (Å²) in [6.45, 7) is 6.80. The highest BCUT2D eigenvalue weighted by atomic mass is 32.1. The second kappa shape index (κ2) is 6.17. The standard InChI is InChI=1S/C11H19NOS/c1-3-5-12(7-10(2)13)8-11-4-6-14-9-11/h4,6,9-10,13H,3,5,7-8H2,1-2H3. The van der Waals surface area contributed by atoms with Gasteiger partial charge in [-0.15, -0.1) is 0 Å². The first kappa shape index (κ1) is 11.7. The molecule has 1 aromatic heterocycles. The van der Waals surface area contributed by atoms with Gasteiger partial charge in [0.25, 0.3) is 0 Å². The van der Waals surface area contributed by atoms with Gasteiger partial charge in [0.05, 0.1) is 6.10 Å². The van der Waals surface area contributed by atoms with E-state index in [9.17, 15) is 5.11 Å². The quantitative estimate of drug-likeness (QED) is 0.784. The number of aliphatic hydroxyl groups excluding tert-OH is 1. The average Bonchev–Trinajstić information content (AvgIpc) is 2.56. The van der Waals surface area contributed by atoms with Crippen molar-refractivity contribution in [2.24, 2.45) is 0 Å². The zero-order valence-corrected chi connectivity index (χ0v) is 9.76. The normalized spacial score (nSPS) is 13.4. The minimum Gasteiger partial charge on any atom is -0.392 e. The highest BCUT2D eigenvalue weighted by Crippen LogP contribution is 2.10. The summed E-state index contributed by atoms with van der Waals surface area (Å²) in [7, 11) is 0. The molecule has 0 spiro atoms. The monoisotopic (exact) mass is 213 g/mol. The zero-order valence-electron chi connectivity index (χ0n) is 8.94. The van der Waals surface area contributed by atoms with Crippen molar-refractivity contribution in [3.8, 4) is 0 Å². The van der Waals surface area contributed by atoms with E-state index in [1.165, 1.54) is 5.56 Å². The largest absolute Gasteiger partial charge is 0.392 e. The summed E-state index contributed by atoms with van der Waals surface area (Å²) in [4.78, 5) is 2.30. The summed E-state index contributed by atoms with van der Waals surface area (Å²) in [5, 5.41) is 13.6. The molecule has 1 N–H and O–H groups in total. The SMILES string of the molecule is CCCN(Cc1ccsc1)CC(C)O. The van der Waals surface area contributed by atoms with Crippen LogP contribution < -0.4 is 0 Å². The molecule has 0 aromatic carbocycles. The van der Waals surface area contributed by atoms with Crippen molar-refractivity contribution in [2.75, 3.05) is 13.1 Å². The van der Waals surface area contributed by atoms with E-state index in [0.29, 0.717) is 0 Å². The van der Waals surface area contributed by atoms with E-state index in [1.807, 2.05) is 6.92 Å². The minimum absolute atomic E-state index is 0.236. The fourth-order valence-corrected chi connectivity index (χ4v) is 2.23. The van der Waals surface area contributed by atoms with E-state index in [4.69, 9.17) is 0 Å². The van der Waals surface area contributed by atoms with Gasteiger partial charge in [-0.1, -0.05) is 6.92 Å². The van der Waals surface area contributed by atoms with Gasteiger partial charge >= 0.3 is 0 Å². The van der Waals surface area contributed by atoms with Crippen molar-refractivity contribution < 1.29 is 5.11 Å². The maximum Gasteiger partial charge on any atom is 0.0639 e. The molecule has 14 heavy (non-hydrogen) atoms. The lowest BCUT2D eigenvalue weighted by atomic mass is 10.2. The van der Waals surface area contributed by atoms with Crippen LogP contribution in [0.3, 0.4) is 0 Å². The Bertz CT molecular complexity index is 233. The van der Waals surface area contributed by atoms with E-state index < -0.39 is 0 Å². The summed E-state index contributed by atoms with van der Waals surface area (Å²) in [5.41, 5.74) is 1.35. The minimum atomic E-state index is -0.236. The predicted molar refractivity (Wildman–Crippen MR) is 61.6 cm³/mol. The van der Waals surface area contributed by atoms with E-state index in [1.54, 1.807) is 11.3 Å². The molecule has 0 aliphatic carbocycles. The Kier molecular flexibility index (Phi) is 5.15. The molecular formula is C11H19NOS. The lowest BCUT2D eigenvalue weighted by Gasteiger charge is -2.22. The third kappa shape index (κ3) is 4.22. The Morgan fingerprint density at radius 2 is 2.36 bits per heavy atom. The Hall–Kier alpha value is -0.380. The second-order valence-corrected chi connectivity index (χ2v) is 4.50. The Morgan fingerprint density at radius 1 is 1.57 bits per heavy atom. The van der Waals surface area contributed by atoms with Crippen LogP contribution in [-0.2, 0) is 6.54 Å². The molecule has 0 bridgehead atoms. The maximum absolute atomic E-state index is 9.34. The third-order valence-electron chi connectivity index (χ3n) is 2.05. The smallest absolute Gasteiger partial charge is 0.0639 e. The Morgan fingerprint density at radius 3 is 2.86 bits per heavy atom. The molecule has 1 unspecified atom stereocenters. The molecule has 0 saturated carbocycles. The predicted octanol–water partition coefficient (Wildman–Crippen LogP) is 2.34. The molecule has 80 valence electrons. The van der Waals surface area contributed by atoms with Gasteiger partial charge in [-0.2, -0.15) is 11.3 Å². The second-order valence-electron chi connectivity index (χ2n) is 3.72. The van der Waals surface area contributed by atoms with Crippen LogP contribution in [0, 0.1) is 0 Å². The highest BCUT2D eigenvalue weighted by molar-refractivity contribution is 7.07. The van der Waals surface area contributed by atoms with Crippen LogP contribution >= 0.6 is 11.3 Å². The molecule has 2 nitrogen and oxygen atoms in total. The summed E-state index contributed by atoms with van der Waals surface area (Å²) in [6, 6.07) is 2.15. The van der Waals surface area contributed by atoms with Gasteiger partial charge in [-0.3, -0.25) is 4.90 Å². The average molecular weight is 213 g/mol. The van der Waals surface area contributed by atoms with Crippen molar-refractivity contribution in [3.63, 3.8) is 0 Å². The topological polar surface area (TPSA) is 23.5 Å². The number of thiophene rings is 1. The Labute approximate surface area is 90.2 Å². The van der Waals surface area contributed by atoms with Gasteiger partial charge in [-0.05, 0) is 42.3 Å². The van der Waals surface area contributed by atoms with E-state index in [2.05, 4.69) is 28.7 Å². The van der Waals surface area contributed by atoms with Crippen LogP contribution in [0.2, 0.25) is 0 Å². The molecular weight excluding hydrogens is 194 g/mol. The van der Waals surface area contributed by atoms with Crippen LogP contribution in [0.5, 0.6) is 0 Å². The fraction of sp³-hybridized carbons (Fsp3) is 0.636. The van der Waals surface area contributed by atoms with Crippen LogP contribution in [0.25, 0.3) is 0 Å². The van der Waals surface area contributed by atoms with Gasteiger partial charge in [-0.25, -0.2) is 0 Å². The molecule has 1 heterocycles. The van der Waals surface area contributed by atoms with Gasteiger partial charge in [0, 0.05) is 13.1 Å². The van der Waals surface area contributed by atoms with E-state index >= 15 is 0 Å². The van der Waals surface area contributed by atoms with Crippen molar-refractivity contribution in [3.05, 3.63) is 22.4 Å². The molecule has 1 atom stereocenters. The van der Waals surface area contributed by atoms with Crippen molar-refractivity contribution in [1.82, 2.24) is 4.90 Å². The molecule has 0 radical (unpaired) electrons. The highest BCUT2D eigenvalue weighted by Gasteiger charge is 2.07. The van der Waals surface area contributed by atoms with Gasteiger partial charge in [0.1, 0.15) is 0 Å². The lowest BCUT2D eigenvalue weighted by Crippen LogP contribution is -2.31. The van der Waals surface area contributed by atoms with Crippen LogP contribution in [0.4, 0.5) is 0 Å². The molecule has 1 rings (SSSR count). The van der Waals surface area contributed by atoms with Crippen molar-refractivity contribution >= 4 is 11.3 Å². The first-order chi connectivity index (χ1) is 6.72. The van der Waals surface area contributed by atoms with Gasteiger partial charge < -0.3 is 5.11 Å². The molecule has 0 amide bonds. The van der Waals surface area contributed by atoms with Crippen molar-refractivity contribution in [2.45, 2.75) is 32.9 Å². The summed E-state index contributed by atoms with van der Waals surface area (Å²) in [6.07, 6.45) is 0.900. The van der Waals surface area contributed by atoms with E-state index in [-0.39, 0.29) is 6.10 Å². The molecule has 3 heteroatoms. The molecule has 1 aromatic rings. The van der Waals surface area contributed by atoms with Gasteiger partial charge in [0.2, 0.25) is 0 Å². The fourth-order valence-electron chi connectivity index (χ4n) is 1.57. The first-order valence-electron chi connectivity index (χ1n) is 5.14. The van der Waals surface area contributed by atoms with Crippen LogP contribution in [0.1, 0.15) is 25.8 Å². The van der Waals surface area contributed by atoms with E-state index in [0.717, 1.165) is 26.1 Å². The summed E-state index contributed by atoms with van der Waals surface area (Å²) >= 11 is 1.73. The first-order valence-corrected chi connectivity index (χ1v) is 6.08. The molecule has 0 fully saturated rings. The van der Waals surface area contributed by atoms with Crippen molar-refractivity contribution in [1.29, 1.82) is 0 Å². The molecule has 0 aliphatic rings. The summed E-state index contributed by atoms with van der Waals surface area (Å²) < 4.78 is 0. The maximum atomic E-state index is 9.34.